The van der Waals surface area contributed by atoms with Crippen LogP contribution in [0.25, 0.3) is 0 Å². The molecule has 2 unspecified atom stereocenters. The number of carboxylic acids is 1. The third kappa shape index (κ3) is 80.4. The minimum atomic E-state index is -1.62. The van der Waals surface area contributed by atoms with Crippen molar-refractivity contribution in [1.82, 2.24) is 0 Å². The topological polar surface area (TPSA) is 111 Å². The van der Waals surface area contributed by atoms with Crippen LogP contribution < -0.4 is 5.11 Å². The van der Waals surface area contributed by atoms with Crippen molar-refractivity contribution in [3.05, 3.63) is 48.6 Å². The van der Waals surface area contributed by atoms with E-state index < -0.39 is 24.3 Å². The van der Waals surface area contributed by atoms with Gasteiger partial charge in [-0.1, -0.05) is 396 Å². The molecule has 0 aliphatic heterocycles. The number of ether oxygens (including phenoxy) is 4. The number of rotatable bonds is 81. The molecule has 570 valence electrons. The van der Waals surface area contributed by atoms with Gasteiger partial charge in [-0.25, -0.2) is 0 Å². The highest BCUT2D eigenvalue weighted by atomic mass is 16.7. The molecule has 0 bridgehead atoms. The number of quaternary nitrogens is 1. The van der Waals surface area contributed by atoms with Gasteiger partial charge in [-0.15, -0.1) is 0 Å². The van der Waals surface area contributed by atoms with Crippen molar-refractivity contribution in [2.24, 2.45) is 0 Å². The summed E-state index contributed by atoms with van der Waals surface area (Å²) in [6.07, 6.45) is 101. The maximum Gasteiger partial charge on any atom is 0.306 e. The molecular formula is C88H165NO8. The van der Waals surface area contributed by atoms with Gasteiger partial charge in [-0.2, -0.15) is 0 Å². The molecule has 97 heavy (non-hydrogen) atoms. The van der Waals surface area contributed by atoms with Gasteiger partial charge in [0.25, 0.3) is 0 Å². The van der Waals surface area contributed by atoms with E-state index in [0.29, 0.717) is 17.4 Å². The molecule has 9 nitrogen and oxygen atoms in total. The second kappa shape index (κ2) is 79.0. The van der Waals surface area contributed by atoms with Crippen LogP contribution in [-0.4, -0.2) is 82.3 Å². The Morgan fingerprint density at radius 1 is 0.309 bits per heavy atom. The maximum absolute atomic E-state index is 13.0. The van der Waals surface area contributed by atoms with Crippen LogP contribution in [0.2, 0.25) is 0 Å². The number of unbranched alkanes of at least 4 members (excludes halogenated alkanes) is 58. The molecule has 0 saturated heterocycles. The van der Waals surface area contributed by atoms with E-state index in [1.807, 2.05) is 21.1 Å². The van der Waals surface area contributed by atoms with Crippen molar-refractivity contribution < 1.29 is 42.9 Å². The molecule has 0 saturated carbocycles. The van der Waals surface area contributed by atoms with Gasteiger partial charge in [0.1, 0.15) is 13.2 Å². The van der Waals surface area contributed by atoms with Crippen molar-refractivity contribution in [3.63, 3.8) is 0 Å². The van der Waals surface area contributed by atoms with Crippen LogP contribution in [-0.2, 0) is 33.3 Å². The van der Waals surface area contributed by atoms with Gasteiger partial charge in [-0.3, -0.25) is 9.59 Å². The number of carbonyl (C=O) groups excluding carboxylic acids is 3. The molecule has 2 atom stereocenters. The Hall–Kier alpha value is -2.75. The van der Waals surface area contributed by atoms with Gasteiger partial charge in [0.15, 0.2) is 12.4 Å². The lowest BCUT2D eigenvalue weighted by molar-refractivity contribution is -0.870. The first kappa shape index (κ1) is 94.2. The summed E-state index contributed by atoms with van der Waals surface area (Å²) < 4.78 is 22.9. The molecule has 0 aliphatic rings. The number of esters is 2. The van der Waals surface area contributed by atoms with Gasteiger partial charge in [0, 0.05) is 12.8 Å². The Bertz CT molecular complexity index is 1730. The van der Waals surface area contributed by atoms with Gasteiger partial charge in [-0.05, 0) is 77.0 Å². The number of nitrogens with zero attached hydrogens (tertiary/aromatic N) is 1. The number of hydrogen-bond acceptors (Lipinski definition) is 8. The normalized spacial score (nSPS) is 12.8. The Labute approximate surface area is 603 Å². The standard InChI is InChI=1S/C88H165NO8/c1-6-8-10-12-14-16-18-20-22-24-26-28-30-32-34-36-38-40-41-42-43-44-45-47-49-51-53-55-57-59-61-63-65-67-69-71-73-75-77-79-86(91)97-84(83-96-88(87(92)93)94-81-80-89(3,4)5)82-95-85(90)78-76-74-72-70-68-66-64-62-60-58-56-54-52-50-48-46-39-37-35-33-31-29-27-25-23-21-19-17-15-13-11-9-7-2/h18,20,24-27,30,32,84,88H,6-17,19,21-23,28-29,31,33-83H2,1-5H3/b20-18-,26-24-,27-25-,32-30-. The third-order valence-electron chi connectivity index (χ3n) is 19.5. The molecule has 0 radical (unpaired) electrons. The van der Waals surface area contributed by atoms with Crippen LogP contribution >= 0.6 is 0 Å². The quantitative estimate of drug-likeness (QED) is 0.0195. The van der Waals surface area contributed by atoms with Crippen LogP contribution in [0.1, 0.15) is 438 Å². The SMILES string of the molecule is CCCCCCC/C=C\C/C=C\C/C=C\CCCCCCCCCCCCCCCCCCCCCCCCCCC(=O)OC(COC(=O)CCCCCCCCCCCCCCCCCCCCCCC/C=C\CCCCCCCCCC)COC(OCC[N+](C)(C)C)C(=O)[O-]. The lowest BCUT2D eigenvalue weighted by Gasteiger charge is -2.26. The lowest BCUT2D eigenvalue weighted by atomic mass is 10.0. The summed E-state index contributed by atoms with van der Waals surface area (Å²) in [5.74, 6) is -2.25. The summed E-state index contributed by atoms with van der Waals surface area (Å²) in [4.78, 5) is 37.6. The molecule has 9 heteroatoms. The van der Waals surface area contributed by atoms with Crippen molar-refractivity contribution in [2.75, 3.05) is 47.5 Å². The molecule has 0 aromatic heterocycles. The van der Waals surface area contributed by atoms with Gasteiger partial charge in [0.05, 0.1) is 40.3 Å². The van der Waals surface area contributed by atoms with Gasteiger partial charge >= 0.3 is 11.9 Å². The summed E-state index contributed by atoms with van der Waals surface area (Å²) in [6.45, 7) is 4.82. The number of carbonyl (C=O) groups is 3. The van der Waals surface area contributed by atoms with E-state index in [2.05, 4.69) is 62.5 Å². The summed E-state index contributed by atoms with van der Waals surface area (Å²) in [5, 5.41) is 11.9. The molecule has 0 fully saturated rings. The monoisotopic (exact) mass is 1360 g/mol. The number of aliphatic carboxylic acids is 1. The van der Waals surface area contributed by atoms with E-state index in [1.165, 1.54) is 360 Å². The van der Waals surface area contributed by atoms with Gasteiger partial charge < -0.3 is 33.3 Å². The first-order chi connectivity index (χ1) is 47.6. The summed E-state index contributed by atoms with van der Waals surface area (Å²) in [7, 11) is 5.96. The molecular weight excluding hydrogens is 1200 g/mol. The van der Waals surface area contributed by atoms with Crippen LogP contribution in [0.15, 0.2) is 48.6 Å². The number of allylic oxidation sites excluding steroid dienone is 8. The highest BCUT2D eigenvalue weighted by Crippen LogP contribution is 2.20. The fourth-order valence-corrected chi connectivity index (χ4v) is 13.0. The Morgan fingerprint density at radius 2 is 0.557 bits per heavy atom. The van der Waals surface area contributed by atoms with Crippen LogP contribution in [0.3, 0.4) is 0 Å². The van der Waals surface area contributed by atoms with E-state index in [1.54, 1.807) is 0 Å². The Morgan fingerprint density at radius 3 is 0.835 bits per heavy atom. The van der Waals surface area contributed by atoms with Crippen molar-refractivity contribution >= 4 is 17.9 Å². The molecule has 0 aliphatic carbocycles. The van der Waals surface area contributed by atoms with Crippen LogP contribution in [0.5, 0.6) is 0 Å². The minimum Gasteiger partial charge on any atom is -0.545 e. The molecule has 0 aromatic carbocycles. The zero-order chi connectivity index (χ0) is 70.4. The minimum absolute atomic E-state index is 0.151. The first-order valence-electron chi connectivity index (χ1n) is 42.8. The highest BCUT2D eigenvalue weighted by Gasteiger charge is 2.22. The largest absolute Gasteiger partial charge is 0.545 e. The number of carboxylic acid groups (broad SMARTS) is 1. The molecule has 0 spiro atoms. The van der Waals surface area contributed by atoms with Crippen LogP contribution in [0, 0.1) is 0 Å². The van der Waals surface area contributed by atoms with E-state index >= 15 is 0 Å². The maximum atomic E-state index is 13.0. The zero-order valence-corrected chi connectivity index (χ0v) is 65.5. The van der Waals surface area contributed by atoms with E-state index in [4.69, 9.17) is 18.9 Å². The molecule has 0 N–H and O–H groups in total. The molecule has 0 amide bonds. The smallest absolute Gasteiger partial charge is 0.306 e. The summed E-state index contributed by atoms with van der Waals surface area (Å²) in [6, 6.07) is 0. The van der Waals surface area contributed by atoms with E-state index in [-0.39, 0.29) is 32.2 Å². The fourth-order valence-electron chi connectivity index (χ4n) is 13.0. The zero-order valence-electron chi connectivity index (χ0n) is 65.5. The second-order valence-corrected chi connectivity index (χ2v) is 30.5. The summed E-state index contributed by atoms with van der Waals surface area (Å²) in [5.41, 5.74) is 0. The fraction of sp³-hybridized carbons (Fsp3) is 0.875. The van der Waals surface area contributed by atoms with Crippen LogP contribution in [0.4, 0.5) is 0 Å². The van der Waals surface area contributed by atoms with Crippen molar-refractivity contribution in [1.29, 1.82) is 0 Å². The lowest BCUT2D eigenvalue weighted by Crippen LogP contribution is -2.44. The van der Waals surface area contributed by atoms with E-state index in [0.717, 1.165) is 51.4 Å². The molecule has 0 heterocycles. The first-order valence-corrected chi connectivity index (χ1v) is 42.8. The predicted octanol–water partition coefficient (Wildman–Crippen LogP) is 26.3. The molecule has 0 aromatic rings. The number of likely N-dealkylation sites (N-methyl/N-ethyl adjacent to an activating group) is 1. The summed E-state index contributed by atoms with van der Waals surface area (Å²) >= 11 is 0. The predicted molar refractivity (Wildman–Crippen MR) is 417 cm³/mol. The molecule has 0 rings (SSSR count). The second-order valence-electron chi connectivity index (χ2n) is 30.5. The Balaban J connectivity index is 3.93. The average Bonchev–Trinajstić information content (AvgIpc) is 2.39. The van der Waals surface area contributed by atoms with Gasteiger partial charge in [0.2, 0.25) is 0 Å². The number of hydrogen-bond donors (Lipinski definition) is 0. The van der Waals surface area contributed by atoms with E-state index in [9.17, 15) is 19.5 Å². The van der Waals surface area contributed by atoms with Crippen molar-refractivity contribution in [3.8, 4) is 0 Å². The highest BCUT2D eigenvalue weighted by molar-refractivity contribution is 5.70. The van der Waals surface area contributed by atoms with Crippen molar-refractivity contribution in [2.45, 2.75) is 450 Å². The Kier molecular flexibility index (Phi) is 76.7. The third-order valence-corrected chi connectivity index (χ3v) is 19.5. The average molecular weight is 1370 g/mol.